The first-order valence-electron chi connectivity index (χ1n) is 10.7. The molecule has 5 heteroatoms. The van der Waals surface area contributed by atoms with Gasteiger partial charge in [0.05, 0.1) is 6.54 Å². The van der Waals surface area contributed by atoms with Crippen LogP contribution in [0.25, 0.3) is 0 Å². The van der Waals surface area contributed by atoms with Crippen molar-refractivity contribution >= 4 is 23.2 Å². The Bertz CT molecular complexity index is 966. The minimum Gasteiger partial charge on any atom is -0.332 e. The maximum Gasteiger partial charge on any atom is 0.254 e. The summed E-state index contributed by atoms with van der Waals surface area (Å²) >= 11 is 1.64. The van der Waals surface area contributed by atoms with Crippen molar-refractivity contribution in [3.63, 3.8) is 0 Å². The number of rotatable bonds is 9. The Balaban J connectivity index is 1.78. The van der Waals surface area contributed by atoms with E-state index in [2.05, 4.69) is 6.92 Å². The van der Waals surface area contributed by atoms with Crippen LogP contribution in [0.4, 0.5) is 0 Å². The predicted molar refractivity (Wildman–Crippen MR) is 127 cm³/mol. The maximum atomic E-state index is 13.4. The number of aryl methyl sites for hydroxylation is 1. The van der Waals surface area contributed by atoms with Gasteiger partial charge in [-0.3, -0.25) is 9.59 Å². The van der Waals surface area contributed by atoms with E-state index < -0.39 is 0 Å². The van der Waals surface area contributed by atoms with Crippen LogP contribution in [0.1, 0.15) is 47.1 Å². The van der Waals surface area contributed by atoms with Crippen LogP contribution < -0.4 is 0 Å². The molecule has 1 heterocycles. The van der Waals surface area contributed by atoms with Gasteiger partial charge in [-0.1, -0.05) is 55.5 Å². The average Bonchev–Trinajstić information content (AvgIpc) is 3.30. The lowest BCUT2D eigenvalue weighted by atomic mass is 10.1. The molecule has 0 radical (unpaired) electrons. The fourth-order valence-corrected chi connectivity index (χ4v) is 4.13. The van der Waals surface area contributed by atoms with Gasteiger partial charge in [0.15, 0.2) is 0 Å². The number of carbonyl (C=O) groups is 2. The third-order valence-corrected chi connectivity index (χ3v) is 6.16. The summed E-state index contributed by atoms with van der Waals surface area (Å²) in [5.74, 6) is -0.161. The fourth-order valence-electron chi connectivity index (χ4n) is 3.41. The summed E-state index contributed by atoms with van der Waals surface area (Å²) in [5, 5.41) is 2.02. The molecule has 0 aliphatic carbocycles. The van der Waals surface area contributed by atoms with Crippen molar-refractivity contribution in [3.8, 4) is 0 Å². The Kier molecular flexibility index (Phi) is 8.01. The van der Waals surface area contributed by atoms with Crippen LogP contribution in [0.15, 0.2) is 72.1 Å². The zero-order valence-corrected chi connectivity index (χ0v) is 19.3. The van der Waals surface area contributed by atoms with Crippen LogP contribution in [-0.2, 0) is 24.3 Å². The Morgan fingerprint density at radius 2 is 1.58 bits per heavy atom. The van der Waals surface area contributed by atoms with Gasteiger partial charge in [-0.05, 0) is 55.0 Å². The molecule has 0 unspecified atom stereocenters. The van der Waals surface area contributed by atoms with Crippen LogP contribution in [0, 0.1) is 0 Å². The number of nitrogens with zero attached hydrogens (tertiary/aromatic N) is 2. The molecule has 0 fully saturated rings. The molecule has 0 atom stereocenters. The molecule has 3 rings (SSSR count). The van der Waals surface area contributed by atoms with Crippen molar-refractivity contribution < 1.29 is 9.59 Å². The van der Waals surface area contributed by atoms with Crippen LogP contribution >= 0.6 is 11.3 Å². The minimum atomic E-state index is -0.109. The van der Waals surface area contributed by atoms with Crippen molar-refractivity contribution in [1.29, 1.82) is 0 Å². The Labute approximate surface area is 189 Å². The van der Waals surface area contributed by atoms with Gasteiger partial charge >= 0.3 is 0 Å². The maximum absolute atomic E-state index is 13.4. The van der Waals surface area contributed by atoms with Crippen LogP contribution in [-0.4, -0.2) is 34.2 Å². The Morgan fingerprint density at radius 1 is 0.871 bits per heavy atom. The van der Waals surface area contributed by atoms with Crippen LogP contribution in [0.3, 0.4) is 0 Å². The van der Waals surface area contributed by atoms with Gasteiger partial charge in [0.25, 0.3) is 5.91 Å². The van der Waals surface area contributed by atoms with Crippen molar-refractivity contribution in [2.75, 3.05) is 6.54 Å². The number of thiophene rings is 1. The Hall–Kier alpha value is -2.92. The molecule has 162 valence electrons. The van der Waals surface area contributed by atoms with Crippen molar-refractivity contribution in [1.82, 2.24) is 9.80 Å². The zero-order chi connectivity index (χ0) is 22.2. The monoisotopic (exact) mass is 434 g/mol. The highest BCUT2D eigenvalue weighted by Crippen LogP contribution is 2.17. The van der Waals surface area contributed by atoms with Gasteiger partial charge in [-0.15, -0.1) is 11.3 Å². The standard InChI is InChI=1S/C26H30N2O2S/c1-4-21-12-14-23(15-13-21)26(30)28(20(2)3)19-25(29)27(18-24-11-8-16-31-24)17-22-9-6-5-7-10-22/h5-16,20H,4,17-19H2,1-3H3. The summed E-state index contributed by atoms with van der Waals surface area (Å²) in [6, 6.07) is 21.6. The van der Waals surface area contributed by atoms with E-state index in [-0.39, 0.29) is 24.4 Å². The number of benzene rings is 2. The summed E-state index contributed by atoms with van der Waals surface area (Å²) in [6.45, 7) is 7.10. The molecule has 0 bridgehead atoms. The SMILES string of the molecule is CCc1ccc(C(=O)N(CC(=O)N(Cc2ccccc2)Cc2cccs2)C(C)C)cc1. The second kappa shape index (κ2) is 10.9. The Morgan fingerprint density at radius 3 is 2.16 bits per heavy atom. The third-order valence-electron chi connectivity index (χ3n) is 5.29. The normalized spacial score (nSPS) is 10.8. The molecule has 0 saturated heterocycles. The number of amides is 2. The van der Waals surface area contributed by atoms with Gasteiger partial charge in [0.1, 0.15) is 6.54 Å². The lowest BCUT2D eigenvalue weighted by Crippen LogP contribution is -2.45. The second-order valence-corrected chi connectivity index (χ2v) is 8.92. The number of carbonyl (C=O) groups excluding carboxylic acids is 2. The minimum absolute atomic E-state index is 0.0514. The van der Waals surface area contributed by atoms with E-state index in [0.29, 0.717) is 18.7 Å². The summed E-state index contributed by atoms with van der Waals surface area (Å²) in [7, 11) is 0. The van der Waals surface area contributed by atoms with E-state index in [1.807, 2.05) is 90.9 Å². The van der Waals surface area contributed by atoms with Gasteiger partial charge in [-0.25, -0.2) is 0 Å². The van der Waals surface area contributed by atoms with Crippen LogP contribution in [0.5, 0.6) is 0 Å². The van der Waals surface area contributed by atoms with E-state index in [0.717, 1.165) is 16.9 Å². The summed E-state index contributed by atoms with van der Waals surface area (Å²) in [4.78, 5) is 31.2. The van der Waals surface area contributed by atoms with E-state index in [1.54, 1.807) is 16.2 Å². The first-order valence-corrected chi connectivity index (χ1v) is 11.6. The summed E-state index contributed by atoms with van der Waals surface area (Å²) in [6.07, 6.45) is 0.929. The van der Waals surface area contributed by atoms with Crippen molar-refractivity contribution in [2.45, 2.75) is 46.3 Å². The molecule has 0 saturated carbocycles. The molecule has 2 amide bonds. The number of hydrogen-bond acceptors (Lipinski definition) is 3. The van der Waals surface area contributed by atoms with Crippen LogP contribution in [0.2, 0.25) is 0 Å². The molecule has 0 spiro atoms. The predicted octanol–water partition coefficient (Wildman–Crippen LogP) is 5.39. The van der Waals surface area contributed by atoms with E-state index in [4.69, 9.17) is 0 Å². The highest BCUT2D eigenvalue weighted by atomic mass is 32.1. The fraction of sp³-hybridized carbons (Fsp3) is 0.308. The topological polar surface area (TPSA) is 40.6 Å². The van der Waals surface area contributed by atoms with Gasteiger partial charge in [0, 0.05) is 23.0 Å². The van der Waals surface area contributed by atoms with Crippen molar-refractivity contribution in [3.05, 3.63) is 93.7 Å². The molecule has 3 aromatic rings. The van der Waals surface area contributed by atoms with Crippen molar-refractivity contribution in [2.24, 2.45) is 0 Å². The molecule has 2 aromatic carbocycles. The highest BCUT2D eigenvalue weighted by molar-refractivity contribution is 7.09. The molecular formula is C26H30N2O2S. The molecule has 0 aliphatic heterocycles. The smallest absolute Gasteiger partial charge is 0.254 e. The second-order valence-electron chi connectivity index (χ2n) is 7.89. The van der Waals surface area contributed by atoms with E-state index in [1.165, 1.54) is 5.56 Å². The molecule has 0 aliphatic rings. The number of hydrogen-bond donors (Lipinski definition) is 0. The highest BCUT2D eigenvalue weighted by Gasteiger charge is 2.25. The summed E-state index contributed by atoms with van der Waals surface area (Å²) < 4.78 is 0. The molecule has 4 nitrogen and oxygen atoms in total. The largest absolute Gasteiger partial charge is 0.332 e. The molecule has 0 N–H and O–H groups in total. The lowest BCUT2D eigenvalue weighted by Gasteiger charge is -2.30. The van der Waals surface area contributed by atoms with E-state index >= 15 is 0 Å². The van der Waals surface area contributed by atoms with Gasteiger partial charge in [-0.2, -0.15) is 0 Å². The summed E-state index contributed by atoms with van der Waals surface area (Å²) in [5.41, 5.74) is 2.88. The van der Waals surface area contributed by atoms with E-state index in [9.17, 15) is 9.59 Å². The average molecular weight is 435 g/mol. The molecule has 1 aromatic heterocycles. The lowest BCUT2D eigenvalue weighted by molar-refractivity contribution is -0.133. The first kappa shape index (κ1) is 22.8. The molecular weight excluding hydrogens is 404 g/mol. The quantitative estimate of drug-likeness (QED) is 0.453. The third kappa shape index (κ3) is 6.28. The van der Waals surface area contributed by atoms with Gasteiger partial charge < -0.3 is 9.80 Å². The first-order chi connectivity index (χ1) is 15.0. The van der Waals surface area contributed by atoms with Gasteiger partial charge in [0.2, 0.25) is 5.91 Å². The zero-order valence-electron chi connectivity index (χ0n) is 18.5. The molecule has 31 heavy (non-hydrogen) atoms.